The van der Waals surface area contributed by atoms with Crippen molar-refractivity contribution < 1.29 is 56.6 Å². The van der Waals surface area contributed by atoms with Crippen LogP contribution in [0.25, 0.3) is 0 Å². The van der Waals surface area contributed by atoms with Crippen molar-refractivity contribution in [3.8, 4) is 0 Å². The molecule has 0 aromatic rings. The molecule has 0 fully saturated rings. The van der Waals surface area contributed by atoms with E-state index in [0.717, 1.165) is 0 Å². The molecule has 0 radical (unpaired) electrons. The predicted octanol–water partition coefficient (Wildman–Crippen LogP) is 2.69. The second kappa shape index (κ2) is 4.64. The number of rotatable bonds is 6. The van der Waals surface area contributed by atoms with Gasteiger partial charge in [-0.3, -0.25) is 0 Å². The van der Waals surface area contributed by atoms with Crippen molar-refractivity contribution in [1.82, 2.24) is 0 Å². The highest BCUT2D eigenvalue weighted by molar-refractivity contribution is 7.87. The molecule has 0 amide bonds. The van der Waals surface area contributed by atoms with Gasteiger partial charge in [0, 0.05) is 0 Å². The zero-order valence-electron chi connectivity index (χ0n) is 8.12. The SMILES string of the molecule is O=S(=O)(F)C(F)(F)C(F)(F)OC(F)(F)C(F)(F)CF. The van der Waals surface area contributed by atoms with E-state index >= 15 is 0 Å². The Morgan fingerprint density at radius 1 is 0.842 bits per heavy atom. The van der Waals surface area contributed by atoms with E-state index in [-0.39, 0.29) is 0 Å². The molecule has 0 N–H and O–H groups in total. The third kappa shape index (κ3) is 3.21. The minimum atomic E-state index is -7.46. The fourth-order valence-corrected chi connectivity index (χ4v) is 0.840. The summed E-state index contributed by atoms with van der Waals surface area (Å²) in [5.41, 5.74) is 0. The van der Waals surface area contributed by atoms with Gasteiger partial charge in [-0.2, -0.15) is 43.5 Å². The lowest BCUT2D eigenvalue weighted by Gasteiger charge is -2.30. The molecule has 14 heteroatoms. The summed E-state index contributed by atoms with van der Waals surface area (Å²) < 4.78 is 142. The van der Waals surface area contributed by atoms with E-state index in [4.69, 9.17) is 0 Å². The van der Waals surface area contributed by atoms with Gasteiger partial charge in [0.25, 0.3) is 0 Å². The van der Waals surface area contributed by atoms with Gasteiger partial charge >= 0.3 is 33.6 Å². The largest absolute Gasteiger partial charge is 0.464 e. The average molecular weight is 332 g/mol. The average Bonchev–Trinajstić information content (AvgIpc) is 2.13. The fourth-order valence-electron chi connectivity index (χ4n) is 0.515. The first-order valence-electron chi connectivity index (χ1n) is 3.73. The standard InChI is InChI=1S/C5H2F10O3S/c6-1-2(7,8)3(9,10)18-4(11,12)5(13,14)19(15,16)17/h1H2. The maximum atomic E-state index is 12.3. The second-order valence-corrected chi connectivity index (χ2v) is 4.32. The summed E-state index contributed by atoms with van der Waals surface area (Å²) in [6, 6.07) is 0. The number of ether oxygens (including phenoxy) is 1. The molecule has 19 heavy (non-hydrogen) atoms. The van der Waals surface area contributed by atoms with E-state index in [9.17, 15) is 51.8 Å². The molecule has 0 saturated heterocycles. The Bertz CT molecular complexity index is 428. The highest BCUT2D eigenvalue weighted by Crippen LogP contribution is 2.47. The van der Waals surface area contributed by atoms with Gasteiger partial charge in [0.2, 0.25) is 0 Å². The molecule has 0 rings (SSSR count). The van der Waals surface area contributed by atoms with Gasteiger partial charge in [0.1, 0.15) is 0 Å². The van der Waals surface area contributed by atoms with Crippen molar-refractivity contribution in [2.45, 2.75) is 23.4 Å². The summed E-state index contributed by atoms with van der Waals surface area (Å²) in [5.74, 6) is -5.97. The number of hydrogen-bond donors (Lipinski definition) is 0. The molecule has 0 aromatic heterocycles. The quantitative estimate of drug-likeness (QED) is 0.555. The predicted molar refractivity (Wildman–Crippen MR) is 36.9 cm³/mol. The summed E-state index contributed by atoms with van der Waals surface area (Å²) in [6.45, 7) is -3.29. The lowest BCUT2D eigenvalue weighted by molar-refractivity contribution is -0.456. The van der Waals surface area contributed by atoms with Gasteiger partial charge in [-0.05, 0) is 0 Å². The molecule has 0 aromatic carbocycles. The Kier molecular flexibility index (Phi) is 4.45. The Hall–Kier alpha value is -0.790. The van der Waals surface area contributed by atoms with Crippen LogP contribution in [0.3, 0.4) is 0 Å². The van der Waals surface area contributed by atoms with E-state index in [1.807, 2.05) is 0 Å². The molecule has 3 nitrogen and oxygen atoms in total. The summed E-state index contributed by atoms with van der Waals surface area (Å²) in [7, 11) is -7.46. The van der Waals surface area contributed by atoms with E-state index in [2.05, 4.69) is 0 Å². The first kappa shape index (κ1) is 18.2. The van der Waals surface area contributed by atoms with Crippen molar-refractivity contribution in [3.05, 3.63) is 0 Å². The molecule has 0 spiro atoms. The third-order valence-corrected chi connectivity index (χ3v) is 2.35. The highest BCUT2D eigenvalue weighted by Gasteiger charge is 2.74. The second-order valence-electron chi connectivity index (χ2n) is 2.93. The number of alkyl halides is 9. The topological polar surface area (TPSA) is 43.4 Å². The summed E-state index contributed by atoms with van der Waals surface area (Å²) in [6.07, 6.45) is -13.4. The minimum Gasteiger partial charge on any atom is -0.244 e. The first-order chi connectivity index (χ1) is 8.02. The lowest BCUT2D eigenvalue weighted by atomic mass is 10.3. The van der Waals surface area contributed by atoms with Crippen LogP contribution >= 0.6 is 0 Å². The van der Waals surface area contributed by atoms with Crippen molar-refractivity contribution in [2.75, 3.05) is 6.67 Å². The molecule has 0 unspecified atom stereocenters. The van der Waals surface area contributed by atoms with Crippen LogP contribution in [0.4, 0.5) is 43.4 Å². The van der Waals surface area contributed by atoms with Gasteiger partial charge in [0.05, 0.1) is 0 Å². The molecule has 0 aliphatic carbocycles. The van der Waals surface area contributed by atoms with Gasteiger partial charge in [-0.1, -0.05) is 3.89 Å². The van der Waals surface area contributed by atoms with E-state index < -0.39 is 40.3 Å². The Balaban J connectivity index is 5.51. The van der Waals surface area contributed by atoms with E-state index in [1.165, 1.54) is 0 Å². The van der Waals surface area contributed by atoms with Crippen LogP contribution in [0, 0.1) is 0 Å². The van der Waals surface area contributed by atoms with Crippen LogP contribution in [0.15, 0.2) is 0 Å². The normalized spacial score (nSPS) is 15.7. The molecule has 0 saturated carbocycles. The maximum absolute atomic E-state index is 12.3. The van der Waals surface area contributed by atoms with Crippen LogP contribution < -0.4 is 0 Å². The van der Waals surface area contributed by atoms with E-state index in [1.54, 1.807) is 4.74 Å². The molecule has 0 aliphatic heterocycles. The van der Waals surface area contributed by atoms with Gasteiger partial charge in [-0.15, -0.1) is 0 Å². The van der Waals surface area contributed by atoms with Crippen LogP contribution in [-0.2, 0) is 15.0 Å². The van der Waals surface area contributed by atoms with Crippen molar-refractivity contribution in [2.24, 2.45) is 0 Å². The molecule has 116 valence electrons. The minimum absolute atomic E-state index is 1.65. The van der Waals surface area contributed by atoms with Crippen LogP contribution in [0.2, 0.25) is 0 Å². The molecule has 0 aliphatic rings. The van der Waals surface area contributed by atoms with Crippen molar-refractivity contribution >= 4 is 10.2 Å². The molecule has 0 heterocycles. The maximum Gasteiger partial charge on any atom is 0.464 e. The van der Waals surface area contributed by atoms with Crippen molar-refractivity contribution in [3.63, 3.8) is 0 Å². The first-order valence-corrected chi connectivity index (χ1v) is 5.12. The van der Waals surface area contributed by atoms with Crippen LogP contribution in [0.5, 0.6) is 0 Å². The van der Waals surface area contributed by atoms with Crippen molar-refractivity contribution in [1.29, 1.82) is 0 Å². The number of hydrogen-bond acceptors (Lipinski definition) is 3. The summed E-state index contributed by atoms with van der Waals surface area (Å²) in [4.78, 5) is 0. The van der Waals surface area contributed by atoms with E-state index in [0.29, 0.717) is 0 Å². The molecular weight excluding hydrogens is 330 g/mol. The fraction of sp³-hybridized carbons (Fsp3) is 1.00. The smallest absolute Gasteiger partial charge is 0.244 e. The summed E-state index contributed by atoms with van der Waals surface area (Å²) >= 11 is 0. The Morgan fingerprint density at radius 3 is 1.47 bits per heavy atom. The molecule has 0 atom stereocenters. The highest BCUT2D eigenvalue weighted by atomic mass is 32.3. The molecular formula is C5H2F10O3S. The van der Waals surface area contributed by atoms with Crippen LogP contribution in [-0.4, -0.2) is 38.5 Å². The van der Waals surface area contributed by atoms with Gasteiger partial charge in [0.15, 0.2) is 6.67 Å². The monoisotopic (exact) mass is 332 g/mol. The third-order valence-electron chi connectivity index (χ3n) is 1.50. The van der Waals surface area contributed by atoms with Gasteiger partial charge < -0.3 is 0 Å². The Labute approximate surface area is 97.9 Å². The zero-order chi connectivity index (χ0) is 15.9. The lowest BCUT2D eigenvalue weighted by Crippen LogP contribution is -2.55. The van der Waals surface area contributed by atoms with Gasteiger partial charge in [-0.25, -0.2) is 9.13 Å². The Morgan fingerprint density at radius 2 is 1.21 bits per heavy atom. The summed E-state index contributed by atoms with van der Waals surface area (Å²) in [5, 5.41) is -6.88. The molecule has 0 bridgehead atoms. The van der Waals surface area contributed by atoms with Crippen LogP contribution in [0.1, 0.15) is 0 Å². The zero-order valence-corrected chi connectivity index (χ0v) is 8.94. The number of halogens is 10.